The molecule has 1 aromatic carbocycles. The Morgan fingerprint density at radius 2 is 2.04 bits per heavy atom. The summed E-state index contributed by atoms with van der Waals surface area (Å²) in [5, 5.41) is 0. The molecule has 1 aliphatic heterocycles. The van der Waals surface area contributed by atoms with Crippen LogP contribution in [0.15, 0.2) is 89.9 Å². The molecule has 4 heteroatoms. The van der Waals surface area contributed by atoms with Crippen LogP contribution in [0.4, 0.5) is 11.5 Å². The van der Waals surface area contributed by atoms with Crippen molar-refractivity contribution in [3.8, 4) is 0 Å². The zero-order valence-corrected chi connectivity index (χ0v) is 15.0. The molecule has 0 spiro atoms. The van der Waals surface area contributed by atoms with Crippen LogP contribution in [-0.2, 0) is 0 Å². The Labute approximate surface area is 149 Å². The van der Waals surface area contributed by atoms with Crippen LogP contribution in [-0.4, -0.2) is 10.8 Å². The van der Waals surface area contributed by atoms with Gasteiger partial charge in [0.25, 0.3) is 0 Å². The number of nitrogen functional groups attached to an aromatic ring is 1. The van der Waals surface area contributed by atoms with E-state index in [2.05, 4.69) is 16.6 Å². The molecule has 0 atom stereocenters. The Morgan fingerprint density at radius 3 is 2.56 bits per heavy atom. The highest BCUT2D eigenvalue weighted by Crippen LogP contribution is 2.22. The summed E-state index contributed by atoms with van der Waals surface area (Å²) in [7, 11) is 0. The number of rotatable bonds is 2. The quantitative estimate of drug-likeness (QED) is 0.798. The van der Waals surface area contributed by atoms with E-state index in [1.807, 2.05) is 86.5 Å². The van der Waals surface area contributed by atoms with E-state index < -0.39 is 0 Å². The van der Waals surface area contributed by atoms with Gasteiger partial charge in [0.1, 0.15) is 11.7 Å². The summed E-state index contributed by atoms with van der Waals surface area (Å²) in [6.07, 6.45) is 7.80. The van der Waals surface area contributed by atoms with Gasteiger partial charge >= 0.3 is 0 Å². The van der Waals surface area contributed by atoms with Gasteiger partial charge in [-0.05, 0) is 56.7 Å². The fraction of sp³-hybridized carbons (Fsp3) is 0.143. The van der Waals surface area contributed by atoms with Gasteiger partial charge in [-0.3, -0.25) is 4.90 Å². The van der Waals surface area contributed by atoms with Gasteiger partial charge in [0.05, 0.1) is 0 Å². The lowest BCUT2D eigenvalue weighted by Crippen LogP contribution is -2.22. The van der Waals surface area contributed by atoms with E-state index in [4.69, 9.17) is 5.73 Å². The van der Waals surface area contributed by atoms with Crippen molar-refractivity contribution in [2.75, 3.05) is 10.6 Å². The third-order valence-electron chi connectivity index (χ3n) is 3.44. The first kappa shape index (κ1) is 18.2. The summed E-state index contributed by atoms with van der Waals surface area (Å²) < 4.78 is 0. The molecule has 0 unspecified atom stereocenters. The van der Waals surface area contributed by atoms with Crippen LogP contribution in [0.5, 0.6) is 0 Å². The van der Waals surface area contributed by atoms with E-state index in [9.17, 15) is 0 Å². The molecule has 2 heterocycles. The highest BCUT2D eigenvalue weighted by molar-refractivity contribution is 6.15. The molecule has 3 rings (SSSR count). The summed E-state index contributed by atoms with van der Waals surface area (Å²) in [5.74, 6) is 1.74. The number of anilines is 2. The summed E-state index contributed by atoms with van der Waals surface area (Å²) >= 11 is 0. The van der Waals surface area contributed by atoms with Crippen molar-refractivity contribution < 1.29 is 0 Å². The highest BCUT2D eigenvalue weighted by Gasteiger charge is 2.20. The van der Waals surface area contributed by atoms with Crippen molar-refractivity contribution in [3.63, 3.8) is 0 Å². The van der Waals surface area contributed by atoms with Gasteiger partial charge in [-0.1, -0.05) is 30.9 Å². The van der Waals surface area contributed by atoms with Gasteiger partial charge < -0.3 is 5.73 Å². The average molecular weight is 332 g/mol. The number of benzene rings is 1. The predicted octanol–water partition coefficient (Wildman–Crippen LogP) is 4.87. The van der Waals surface area contributed by atoms with Crippen LogP contribution in [0.1, 0.15) is 19.4 Å². The number of aliphatic imine (C=N–C) groups is 1. The van der Waals surface area contributed by atoms with Crippen molar-refractivity contribution in [3.05, 3.63) is 90.4 Å². The molecular formula is C21H24N4. The van der Waals surface area contributed by atoms with Gasteiger partial charge in [-0.25, -0.2) is 9.98 Å². The maximum absolute atomic E-state index is 5.46. The van der Waals surface area contributed by atoms with E-state index >= 15 is 0 Å². The topological polar surface area (TPSA) is 54.5 Å². The third kappa shape index (κ3) is 5.18. The number of nitrogens with two attached hydrogens (primary N) is 1. The maximum Gasteiger partial charge on any atom is 0.145 e. The minimum absolute atomic E-state index is 0.781. The fourth-order valence-electron chi connectivity index (χ4n) is 2.31. The normalized spacial score (nSPS) is 16.0. The van der Waals surface area contributed by atoms with Crippen LogP contribution in [0.3, 0.4) is 0 Å². The largest absolute Gasteiger partial charge is 0.399 e. The summed E-state index contributed by atoms with van der Waals surface area (Å²) in [6, 6.07) is 13.6. The van der Waals surface area contributed by atoms with Crippen molar-refractivity contribution in [1.82, 2.24) is 4.98 Å². The van der Waals surface area contributed by atoms with Crippen LogP contribution >= 0.6 is 0 Å². The lowest BCUT2D eigenvalue weighted by Gasteiger charge is -2.16. The number of nitrogens with zero attached hydrogens (tertiary/aromatic N) is 3. The molecule has 1 aromatic heterocycles. The van der Waals surface area contributed by atoms with Crippen LogP contribution in [0.2, 0.25) is 0 Å². The maximum atomic E-state index is 5.46. The molecule has 0 saturated carbocycles. The number of aromatic nitrogens is 1. The number of hydrogen-bond donors (Lipinski definition) is 1. The molecule has 2 aromatic rings. The lowest BCUT2D eigenvalue weighted by atomic mass is 10.2. The zero-order valence-electron chi connectivity index (χ0n) is 15.0. The second kappa shape index (κ2) is 8.64. The second-order valence-corrected chi connectivity index (χ2v) is 5.70. The lowest BCUT2D eigenvalue weighted by molar-refractivity contribution is 1.20. The number of hydrogen-bond acceptors (Lipinski definition) is 3. The van der Waals surface area contributed by atoms with E-state index in [1.54, 1.807) is 6.20 Å². The van der Waals surface area contributed by atoms with Gasteiger partial charge in [-0.2, -0.15) is 0 Å². The smallest absolute Gasteiger partial charge is 0.145 e. The minimum atomic E-state index is 0.781. The molecule has 0 saturated heterocycles. The number of amidine groups is 1. The Kier molecular flexibility index (Phi) is 6.29. The number of pyridine rings is 1. The van der Waals surface area contributed by atoms with Crippen LogP contribution in [0.25, 0.3) is 0 Å². The van der Waals surface area contributed by atoms with Crippen LogP contribution < -0.4 is 10.6 Å². The summed E-state index contributed by atoms with van der Waals surface area (Å²) in [4.78, 5) is 10.8. The summed E-state index contributed by atoms with van der Waals surface area (Å²) in [5.41, 5.74) is 9.37. The number of allylic oxidation sites excluding steroid dienone is 2. The molecule has 0 fully saturated rings. The Hall–Kier alpha value is -3.14. The van der Waals surface area contributed by atoms with E-state index in [1.165, 1.54) is 5.56 Å². The Balaban J connectivity index is 0.000000236. The molecule has 0 amide bonds. The van der Waals surface area contributed by atoms with Gasteiger partial charge in [-0.15, -0.1) is 0 Å². The van der Waals surface area contributed by atoms with E-state index in [0.717, 1.165) is 28.6 Å². The first-order chi connectivity index (χ1) is 12.0. The second-order valence-electron chi connectivity index (χ2n) is 5.70. The molecule has 2 N–H and O–H groups in total. The Morgan fingerprint density at radius 1 is 1.24 bits per heavy atom. The van der Waals surface area contributed by atoms with E-state index in [0.29, 0.717) is 0 Å². The molecular weight excluding hydrogens is 308 g/mol. The monoisotopic (exact) mass is 332 g/mol. The van der Waals surface area contributed by atoms with E-state index in [-0.39, 0.29) is 0 Å². The molecule has 0 bridgehead atoms. The first-order valence-corrected chi connectivity index (χ1v) is 8.12. The van der Waals surface area contributed by atoms with Crippen molar-refractivity contribution in [2.24, 2.45) is 4.99 Å². The molecule has 25 heavy (non-hydrogen) atoms. The summed E-state index contributed by atoms with van der Waals surface area (Å²) in [6.45, 7) is 9.73. The third-order valence-corrected chi connectivity index (χ3v) is 3.44. The van der Waals surface area contributed by atoms with Gasteiger partial charge in [0.2, 0.25) is 0 Å². The fourth-order valence-corrected chi connectivity index (χ4v) is 2.31. The van der Waals surface area contributed by atoms with Crippen molar-refractivity contribution in [2.45, 2.75) is 20.8 Å². The van der Waals surface area contributed by atoms with Crippen molar-refractivity contribution in [1.29, 1.82) is 0 Å². The SMILES string of the molecule is C=C(C)N=C1/C(=C\C)C=CN1c1ccccn1.Cc1cccc(N)c1. The predicted molar refractivity (Wildman–Crippen MR) is 107 cm³/mol. The zero-order chi connectivity index (χ0) is 18.2. The average Bonchev–Trinajstić information content (AvgIpc) is 2.98. The Bertz CT molecular complexity index is 800. The highest BCUT2D eigenvalue weighted by atomic mass is 15.2. The molecule has 1 aliphatic rings. The minimum Gasteiger partial charge on any atom is -0.399 e. The standard InChI is InChI=1S/C14H15N3.C7H9N/c1-4-12-8-10-17(14(12)16-11(2)3)13-7-5-6-9-15-13;1-6-3-2-4-7(8)5-6/h4-10H,2H2,1,3H3;2-5H,8H2,1H3/b12-4-,16-14?;. The molecule has 0 radical (unpaired) electrons. The van der Waals surface area contributed by atoms with Gasteiger partial charge in [0, 0.05) is 29.4 Å². The first-order valence-electron chi connectivity index (χ1n) is 8.12. The van der Waals surface area contributed by atoms with Crippen molar-refractivity contribution >= 4 is 17.3 Å². The number of aryl methyl sites for hydroxylation is 1. The van der Waals surface area contributed by atoms with Gasteiger partial charge in [0.15, 0.2) is 0 Å². The molecule has 128 valence electrons. The molecule has 0 aliphatic carbocycles. The van der Waals surface area contributed by atoms with Crippen LogP contribution in [0, 0.1) is 6.92 Å². The molecule has 4 nitrogen and oxygen atoms in total.